The van der Waals surface area contributed by atoms with Crippen LogP contribution in [-0.4, -0.2) is 0 Å². The Morgan fingerprint density at radius 3 is 2.31 bits per heavy atom. The van der Waals surface area contributed by atoms with Crippen molar-refractivity contribution in [3.63, 3.8) is 0 Å². The van der Waals surface area contributed by atoms with Crippen molar-refractivity contribution in [1.29, 1.82) is 0 Å². The predicted octanol–water partition coefficient (Wildman–Crippen LogP) is 5.56. The normalized spacial score (nSPS) is 18.2. The molecule has 0 atom stereocenters. The monoisotopic (exact) mass is 418 g/mol. The van der Waals surface area contributed by atoms with Gasteiger partial charge >= 0.3 is 0 Å². The standard InChI is InChI=1S/C25H28.Zr/c1-18(2)21-11-13-22(14-12-21)24-10-6-9-23-16-20(17-25(23)24)15-19-7-4-3-5-8-19;/h6,9-19H,3-5,7-8H2,1-2H3;. The van der Waals surface area contributed by atoms with Gasteiger partial charge in [0.15, 0.2) is 0 Å². The molecule has 2 aromatic rings. The van der Waals surface area contributed by atoms with Crippen LogP contribution in [0.25, 0.3) is 23.3 Å². The third kappa shape index (κ3) is 4.20. The first kappa shape index (κ1) is 19.6. The van der Waals surface area contributed by atoms with Crippen LogP contribution in [-0.2, 0) is 26.2 Å². The average molecular weight is 420 g/mol. The molecule has 0 heterocycles. The van der Waals surface area contributed by atoms with Crippen molar-refractivity contribution in [3.05, 3.63) is 70.1 Å². The fourth-order valence-electron chi connectivity index (χ4n) is 4.23. The number of hydrogen-bond acceptors (Lipinski definition) is 0. The van der Waals surface area contributed by atoms with E-state index in [4.69, 9.17) is 0 Å². The van der Waals surface area contributed by atoms with E-state index in [1.165, 1.54) is 64.8 Å². The van der Waals surface area contributed by atoms with Gasteiger partial charge in [0, 0.05) is 26.2 Å². The first-order valence-corrected chi connectivity index (χ1v) is 9.85. The molecule has 2 aliphatic rings. The topological polar surface area (TPSA) is 0 Å². The number of rotatable bonds is 3. The number of benzene rings is 2. The van der Waals surface area contributed by atoms with E-state index >= 15 is 0 Å². The summed E-state index contributed by atoms with van der Waals surface area (Å²) in [6.07, 6.45) is 14.2. The van der Waals surface area contributed by atoms with Gasteiger partial charge in [0.2, 0.25) is 0 Å². The first-order valence-electron chi connectivity index (χ1n) is 9.85. The fourth-order valence-corrected chi connectivity index (χ4v) is 4.23. The molecule has 1 heteroatoms. The largest absolute Gasteiger partial charge is 0.0741 e. The molecule has 0 aromatic heterocycles. The zero-order valence-electron chi connectivity index (χ0n) is 16.0. The van der Waals surface area contributed by atoms with Gasteiger partial charge in [-0.3, -0.25) is 0 Å². The van der Waals surface area contributed by atoms with Crippen molar-refractivity contribution in [2.24, 2.45) is 5.92 Å². The summed E-state index contributed by atoms with van der Waals surface area (Å²) in [6, 6.07) is 15.8. The van der Waals surface area contributed by atoms with Crippen molar-refractivity contribution >= 4 is 12.2 Å². The van der Waals surface area contributed by atoms with E-state index in [2.05, 4.69) is 74.5 Å². The Morgan fingerprint density at radius 2 is 1.62 bits per heavy atom. The minimum Gasteiger partial charge on any atom is -0.0741 e. The predicted molar refractivity (Wildman–Crippen MR) is 109 cm³/mol. The average Bonchev–Trinajstić information content (AvgIpc) is 3.05. The molecular weight excluding hydrogens is 391 g/mol. The summed E-state index contributed by atoms with van der Waals surface area (Å²) < 4.78 is 0. The minimum absolute atomic E-state index is 0. The molecule has 0 saturated heterocycles. The molecule has 2 aromatic carbocycles. The molecule has 0 nitrogen and oxygen atoms in total. The van der Waals surface area contributed by atoms with Crippen LogP contribution in [0, 0.1) is 5.92 Å². The van der Waals surface area contributed by atoms with Crippen LogP contribution in [0.5, 0.6) is 0 Å². The van der Waals surface area contributed by atoms with Crippen LogP contribution < -0.4 is 10.4 Å². The Hall–Kier alpha value is -1.20. The number of hydrogen-bond donors (Lipinski definition) is 0. The third-order valence-electron chi connectivity index (χ3n) is 5.74. The van der Waals surface area contributed by atoms with Crippen LogP contribution >= 0.6 is 0 Å². The molecule has 0 N–H and O–H groups in total. The number of fused-ring (bicyclic) bond motifs is 1. The van der Waals surface area contributed by atoms with Crippen molar-refractivity contribution in [2.45, 2.75) is 51.9 Å². The summed E-state index contributed by atoms with van der Waals surface area (Å²) >= 11 is 0. The summed E-state index contributed by atoms with van der Waals surface area (Å²) in [5.74, 6) is 1.36. The van der Waals surface area contributed by atoms with E-state index in [-0.39, 0.29) is 26.2 Å². The van der Waals surface area contributed by atoms with Crippen LogP contribution in [0.2, 0.25) is 0 Å². The van der Waals surface area contributed by atoms with Gasteiger partial charge < -0.3 is 0 Å². The molecule has 0 radical (unpaired) electrons. The minimum atomic E-state index is 0. The third-order valence-corrected chi connectivity index (χ3v) is 5.74. The second-order valence-corrected chi connectivity index (χ2v) is 7.94. The van der Waals surface area contributed by atoms with Crippen molar-refractivity contribution in [1.82, 2.24) is 0 Å². The van der Waals surface area contributed by atoms with Gasteiger partial charge in [0.25, 0.3) is 0 Å². The Morgan fingerprint density at radius 1 is 0.885 bits per heavy atom. The molecule has 0 unspecified atom stereocenters. The summed E-state index contributed by atoms with van der Waals surface area (Å²) in [4.78, 5) is 0. The van der Waals surface area contributed by atoms with Gasteiger partial charge in [-0.25, -0.2) is 0 Å². The van der Waals surface area contributed by atoms with E-state index in [0.717, 1.165) is 5.92 Å². The van der Waals surface area contributed by atoms with Crippen molar-refractivity contribution in [2.75, 3.05) is 0 Å². The first-order chi connectivity index (χ1) is 12.2. The SMILES string of the molecule is CC(C)c1ccc(-c2cccc3c2=CC(=CC2CCCCC2)C=3)cc1.[Zr]. The van der Waals surface area contributed by atoms with Gasteiger partial charge in [-0.2, -0.15) is 0 Å². The summed E-state index contributed by atoms with van der Waals surface area (Å²) in [5.41, 5.74) is 5.50. The van der Waals surface area contributed by atoms with Gasteiger partial charge in [0.05, 0.1) is 0 Å². The second kappa shape index (κ2) is 8.66. The summed E-state index contributed by atoms with van der Waals surface area (Å²) in [6.45, 7) is 4.50. The Bertz CT molecular complexity index is 894. The maximum atomic E-state index is 2.52. The van der Waals surface area contributed by atoms with Crippen LogP contribution in [0.15, 0.2) is 54.1 Å². The Balaban J connectivity index is 0.00000196. The molecular formula is C25H28Zr. The Kier molecular flexibility index (Phi) is 6.52. The van der Waals surface area contributed by atoms with Crippen LogP contribution in [0.4, 0.5) is 0 Å². The van der Waals surface area contributed by atoms with Gasteiger partial charge in [-0.1, -0.05) is 81.7 Å². The smallest absolute Gasteiger partial charge is 0 e. The Labute approximate surface area is 176 Å². The molecule has 132 valence electrons. The molecule has 0 aliphatic heterocycles. The van der Waals surface area contributed by atoms with E-state index in [1.54, 1.807) is 0 Å². The van der Waals surface area contributed by atoms with E-state index in [1.807, 2.05) is 0 Å². The summed E-state index contributed by atoms with van der Waals surface area (Å²) in [5, 5.41) is 2.76. The van der Waals surface area contributed by atoms with E-state index in [0.29, 0.717) is 5.92 Å². The quantitative estimate of drug-likeness (QED) is 0.611. The molecule has 0 bridgehead atoms. The van der Waals surface area contributed by atoms with E-state index in [9.17, 15) is 0 Å². The summed E-state index contributed by atoms with van der Waals surface area (Å²) in [7, 11) is 0. The molecule has 1 fully saturated rings. The molecule has 0 amide bonds. The zero-order chi connectivity index (χ0) is 17.2. The van der Waals surface area contributed by atoms with Gasteiger partial charge in [-0.05, 0) is 69.5 Å². The maximum Gasteiger partial charge on any atom is 0 e. The van der Waals surface area contributed by atoms with Crippen LogP contribution in [0.3, 0.4) is 0 Å². The van der Waals surface area contributed by atoms with E-state index < -0.39 is 0 Å². The molecule has 4 rings (SSSR count). The molecule has 0 spiro atoms. The second-order valence-electron chi connectivity index (χ2n) is 7.94. The van der Waals surface area contributed by atoms with Crippen LogP contribution in [0.1, 0.15) is 57.4 Å². The molecule has 1 saturated carbocycles. The van der Waals surface area contributed by atoms with Gasteiger partial charge in [-0.15, -0.1) is 0 Å². The molecule has 26 heavy (non-hydrogen) atoms. The number of allylic oxidation sites excluding steroid dienone is 2. The molecule has 2 aliphatic carbocycles. The van der Waals surface area contributed by atoms with Crippen molar-refractivity contribution < 1.29 is 26.2 Å². The maximum absolute atomic E-state index is 2.52. The van der Waals surface area contributed by atoms with Crippen molar-refractivity contribution in [3.8, 4) is 11.1 Å². The zero-order valence-corrected chi connectivity index (χ0v) is 18.4. The van der Waals surface area contributed by atoms with Gasteiger partial charge in [0.1, 0.15) is 0 Å². The fraction of sp³-hybridized carbons (Fsp3) is 0.360.